The molecule has 0 saturated carbocycles. The molecule has 0 fully saturated rings. The van der Waals surface area contributed by atoms with Crippen LogP contribution in [0.1, 0.15) is 33.5 Å². The number of rotatable bonds is 2. The Labute approximate surface area is 112 Å². The molecule has 3 heteroatoms. The van der Waals surface area contributed by atoms with Crippen LogP contribution in [0.2, 0.25) is 0 Å². The average molecular weight is 252 g/mol. The first-order chi connectivity index (χ1) is 9.15. The van der Waals surface area contributed by atoms with Crippen molar-refractivity contribution in [2.45, 2.75) is 19.3 Å². The fourth-order valence-corrected chi connectivity index (χ4v) is 2.66. The predicted molar refractivity (Wildman–Crippen MR) is 77.2 cm³/mol. The van der Waals surface area contributed by atoms with Gasteiger partial charge in [0, 0.05) is 22.5 Å². The maximum absolute atomic E-state index is 12.5. The van der Waals surface area contributed by atoms with Crippen LogP contribution < -0.4 is 11.5 Å². The Morgan fingerprint density at radius 3 is 2.53 bits per heavy atom. The molecule has 19 heavy (non-hydrogen) atoms. The van der Waals surface area contributed by atoms with E-state index in [4.69, 9.17) is 11.5 Å². The predicted octanol–water partition coefficient (Wildman–Crippen LogP) is 2.57. The summed E-state index contributed by atoms with van der Waals surface area (Å²) in [5.74, 6) is -0.0350. The molecule has 1 aliphatic rings. The molecule has 3 nitrogen and oxygen atoms in total. The maximum Gasteiger partial charge on any atom is 0.195 e. The lowest BCUT2D eigenvalue weighted by Crippen LogP contribution is -2.06. The molecular weight excluding hydrogens is 236 g/mol. The quantitative estimate of drug-likeness (QED) is 0.637. The van der Waals surface area contributed by atoms with Crippen molar-refractivity contribution < 1.29 is 4.79 Å². The second-order valence-electron chi connectivity index (χ2n) is 5.01. The first-order valence-electron chi connectivity index (χ1n) is 6.46. The van der Waals surface area contributed by atoms with Gasteiger partial charge in [-0.15, -0.1) is 0 Å². The number of fused-ring (bicyclic) bond motifs is 1. The zero-order valence-corrected chi connectivity index (χ0v) is 10.6. The molecule has 4 N–H and O–H groups in total. The van der Waals surface area contributed by atoms with E-state index in [1.807, 2.05) is 12.1 Å². The van der Waals surface area contributed by atoms with Gasteiger partial charge in [0.1, 0.15) is 0 Å². The molecular formula is C16H16N2O. The molecule has 1 aliphatic carbocycles. The van der Waals surface area contributed by atoms with E-state index in [-0.39, 0.29) is 5.78 Å². The second-order valence-corrected chi connectivity index (χ2v) is 5.01. The van der Waals surface area contributed by atoms with Crippen molar-refractivity contribution in [1.82, 2.24) is 0 Å². The van der Waals surface area contributed by atoms with Crippen molar-refractivity contribution in [2.75, 3.05) is 11.5 Å². The summed E-state index contributed by atoms with van der Waals surface area (Å²) >= 11 is 0. The lowest BCUT2D eigenvalue weighted by atomic mass is 9.98. The topological polar surface area (TPSA) is 69.1 Å². The Bertz CT molecular complexity index is 662. The molecule has 96 valence electrons. The number of carbonyl (C=O) groups excluding carboxylic acids is 1. The third kappa shape index (κ3) is 2.08. The average Bonchev–Trinajstić information content (AvgIpc) is 2.85. The monoisotopic (exact) mass is 252 g/mol. The van der Waals surface area contributed by atoms with Gasteiger partial charge in [-0.3, -0.25) is 4.79 Å². The van der Waals surface area contributed by atoms with Gasteiger partial charge in [-0.25, -0.2) is 0 Å². The normalized spacial score (nSPS) is 13.3. The van der Waals surface area contributed by atoms with E-state index < -0.39 is 0 Å². The van der Waals surface area contributed by atoms with E-state index >= 15 is 0 Å². The van der Waals surface area contributed by atoms with E-state index in [0.29, 0.717) is 22.5 Å². The van der Waals surface area contributed by atoms with Crippen molar-refractivity contribution in [1.29, 1.82) is 0 Å². The van der Waals surface area contributed by atoms with Gasteiger partial charge in [0.25, 0.3) is 0 Å². The molecule has 0 atom stereocenters. The lowest BCUT2D eigenvalue weighted by molar-refractivity contribution is 0.103. The number of benzene rings is 2. The summed E-state index contributed by atoms with van der Waals surface area (Å²) in [5, 5.41) is 0. The largest absolute Gasteiger partial charge is 0.399 e. The fraction of sp³-hybridized carbons (Fsp3) is 0.188. The van der Waals surface area contributed by atoms with Crippen LogP contribution in [0.3, 0.4) is 0 Å². The van der Waals surface area contributed by atoms with Gasteiger partial charge in [0.05, 0.1) is 0 Å². The minimum absolute atomic E-state index is 0.0350. The number of ketones is 1. The molecule has 0 aromatic heterocycles. The Morgan fingerprint density at radius 1 is 0.947 bits per heavy atom. The third-order valence-corrected chi connectivity index (χ3v) is 3.68. The van der Waals surface area contributed by atoms with Crippen LogP contribution >= 0.6 is 0 Å². The smallest absolute Gasteiger partial charge is 0.195 e. The van der Waals surface area contributed by atoms with Gasteiger partial charge in [-0.2, -0.15) is 0 Å². The number of nitrogen functional groups attached to an aromatic ring is 2. The van der Waals surface area contributed by atoms with E-state index in [2.05, 4.69) is 6.07 Å². The molecule has 0 bridgehead atoms. The Hall–Kier alpha value is -2.29. The summed E-state index contributed by atoms with van der Waals surface area (Å²) in [4.78, 5) is 12.5. The van der Waals surface area contributed by atoms with Gasteiger partial charge in [0.2, 0.25) is 0 Å². The number of aryl methyl sites for hydroxylation is 2. The van der Waals surface area contributed by atoms with Crippen molar-refractivity contribution in [3.8, 4) is 0 Å². The Morgan fingerprint density at radius 2 is 1.74 bits per heavy atom. The molecule has 2 aromatic rings. The fourth-order valence-electron chi connectivity index (χ4n) is 2.66. The van der Waals surface area contributed by atoms with Crippen molar-refractivity contribution in [2.24, 2.45) is 0 Å². The summed E-state index contributed by atoms with van der Waals surface area (Å²) < 4.78 is 0. The van der Waals surface area contributed by atoms with Crippen LogP contribution in [0.5, 0.6) is 0 Å². The Kier molecular flexibility index (Phi) is 2.75. The standard InChI is InChI=1S/C16H16N2O/c17-13-6-7-14(15(18)9-13)16(19)12-5-4-10-2-1-3-11(10)8-12/h4-9H,1-3,17-18H2. The molecule has 3 rings (SSSR count). The SMILES string of the molecule is Nc1ccc(C(=O)c2ccc3c(c2)CCC3)c(N)c1. The third-order valence-electron chi connectivity index (χ3n) is 3.68. The molecule has 0 unspecified atom stereocenters. The molecule has 2 aromatic carbocycles. The van der Waals surface area contributed by atoms with Gasteiger partial charge >= 0.3 is 0 Å². The first-order valence-corrected chi connectivity index (χ1v) is 6.46. The minimum Gasteiger partial charge on any atom is -0.399 e. The van der Waals surface area contributed by atoms with Crippen LogP contribution in [0, 0.1) is 0 Å². The summed E-state index contributed by atoms with van der Waals surface area (Å²) in [6.07, 6.45) is 3.36. The lowest BCUT2D eigenvalue weighted by Gasteiger charge is -2.07. The van der Waals surface area contributed by atoms with Gasteiger partial charge in [-0.05, 0) is 54.7 Å². The highest BCUT2D eigenvalue weighted by molar-refractivity contribution is 6.12. The van der Waals surface area contributed by atoms with Gasteiger partial charge < -0.3 is 11.5 Å². The van der Waals surface area contributed by atoms with Crippen molar-refractivity contribution in [3.05, 3.63) is 58.7 Å². The Balaban J connectivity index is 2.00. The van der Waals surface area contributed by atoms with Crippen molar-refractivity contribution in [3.63, 3.8) is 0 Å². The highest BCUT2D eigenvalue weighted by atomic mass is 16.1. The maximum atomic E-state index is 12.5. The molecule has 0 amide bonds. The number of hydrogen-bond donors (Lipinski definition) is 2. The molecule has 0 spiro atoms. The summed E-state index contributed by atoms with van der Waals surface area (Å²) in [6.45, 7) is 0. The number of hydrogen-bond acceptors (Lipinski definition) is 3. The molecule has 0 radical (unpaired) electrons. The van der Waals surface area contributed by atoms with Crippen molar-refractivity contribution >= 4 is 17.2 Å². The van der Waals surface area contributed by atoms with E-state index in [0.717, 1.165) is 12.8 Å². The van der Waals surface area contributed by atoms with Crippen LogP contribution in [-0.4, -0.2) is 5.78 Å². The zero-order valence-electron chi connectivity index (χ0n) is 10.6. The summed E-state index contributed by atoms with van der Waals surface area (Å²) in [7, 11) is 0. The summed E-state index contributed by atoms with van der Waals surface area (Å²) in [6, 6.07) is 11.0. The van der Waals surface area contributed by atoms with Crippen LogP contribution in [0.15, 0.2) is 36.4 Å². The highest BCUT2D eigenvalue weighted by Crippen LogP contribution is 2.25. The van der Waals surface area contributed by atoms with E-state index in [1.165, 1.54) is 17.5 Å². The van der Waals surface area contributed by atoms with Crippen LogP contribution in [-0.2, 0) is 12.8 Å². The summed E-state index contributed by atoms with van der Waals surface area (Å²) in [5.41, 5.74) is 16.4. The van der Waals surface area contributed by atoms with Crippen LogP contribution in [0.25, 0.3) is 0 Å². The first kappa shape index (κ1) is 11.8. The molecule has 0 heterocycles. The zero-order chi connectivity index (χ0) is 13.4. The molecule has 0 saturated heterocycles. The van der Waals surface area contributed by atoms with Gasteiger partial charge in [0.15, 0.2) is 5.78 Å². The van der Waals surface area contributed by atoms with Gasteiger partial charge in [-0.1, -0.05) is 12.1 Å². The number of nitrogens with two attached hydrogens (primary N) is 2. The van der Waals surface area contributed by atoms with E-state index in [1.54, 1.807) is 18.2 Å². The second kappa shape index (κ2) is 4.43. The van der Waals surface area contributed by atoms with E-state index in [9.17, 15) is 4.79 Å². The minimum atomic E-state index is -0.0350. The number of anilines is 2. The molecule has 0 aliphatic heterocycles. The highest BCUT2D eigenvalue weighted by Gasteiger charge is 2.16. The number of carbonyl (C=O) groups is 1. The van der Waals surface area contributed by atoms with Crippen LogP contribution in [0.4, 0.5) is 11.4 Å².